The summed E-state index contributed by atoms with van der Waals surface area (Å²) in [4.78, 5) is 0. The number of rotatable bonds is 5. The van der Waals surface area contributed by atoms with Gasteiger partial charge in [-0.15, -0.1) is 0 Å². The first kappa shape index (κ1) is 10.3. The van der Waals surface area contributed by atoms with Crippen molar-refractivity contribution in [1.29, 1.82) is 0 Å². The van der Waals surface area contributed by atoms with Crippen LogP contribution in [0.4, 0.5) is 0 Å². The predicted octanol–water partition coefficient (Wildman–Crippen LogP) is 2.26. The maximum Gasteiger partial charge on any atom is 0.0537 e. The van der Waals surface area contributed by atoms with Crippen molar-refractivity contribution in [2.45, 2.75) is 38.6 Å². The molecule has 16 heavy (non-hydrogen) atoms. The quantitative estimate of drug-likeness (QED) is 0.823. The zero-order chi connectivity index (χ0) is 11.2. The van der Waals surface area contributed by atoms with Crippen molar-refractivity contribution < 1.29 is 0 Å². The highest BCUT2D eigenvalue weighted by molar-refractivity contribution is 5.11. The first-order valence-electron chi connectivity index (χ1n) is 6.42. The van der Waals surface area contributed by atoms with Crippen LogP contribution in [0.3, 0.4) is 0 Å². The second-order valence-corrected chi connectivity index (χ2v) is 5.69. The normalized spacial score (nSPS) is 24.4. The van der Waals surface area contributed by atoms with Gasteiger partial charge < -0.3 is 5.32 Å². The molecule has 2 aliphatic rings. The van der Waals surface area contributed by atoms with Crippen LogP contribution in [0.25, 0.3) is 0 Å². The van der Waals surface area contributed by atoms with Gasteiger partial charge in [0.25, 0.3) is 0 Å². The minimum atomic E-state index is 0.435. The molecule has 0 radical (unpaired) electrons. The summed E-state index contributed by atoms with van der Waals surface area (Å²) in [6.07, 6.45) is 9.92. The topological polar surface area (TPSA) is 29.9 Å². The molecule has 3 rings (SSSR count). The fourth-order valence-electron chi connectivity index (χ4n) is 2.72. The standard InChI is InChI=1S/C13H21N3/c1-10(11-7-15-16(2)8-11)14-9-13(5-6-13)12-3-4-12/h7-8,10,12,14H,3-6,9H2,1-2H3. The zero-order valence-electron chi connectivity index (χ0n) is 10.2. The number of nitrogens with one attached hydrogen (secondary N) is 1. The Morgan fingerprint density at radius 1 is 1.56 bits per heavy atom. The summed E-state index contributed by atoms with van der Waals surface area (Å²) in [6.45, 7) is 3.44. The van der Waals surface area contributed by atoms with Crippen LogP contribution < -0.4 is 5.32 Å². The van der Waals surface area contributed by atoms with Crippen LogP contribution >= 0.6 is 0 Å². The van der Waals surface area contributed by atoms with Crippen LogP contribution in [0.1, 0.15) is 44.2 Å². The number of aryl methyl sites for hydroxylation is 1. The molecule has 3 nitrogen and oxygen atoms in total. The molecular weight excluding hydrogens is 198 g/mol. The number of hydrogen-bond donors (Lipinski definition) is 1. The second-order valence-electron chi connectivity index (χ2n) is 5.69. The predicted molar refractivity (Wildman–Crippen MR) is 64.0 cm³/mol. The first-order valence-corrected chi connectivity index (χ1v) is 6.42. The Balaban J connectivity index is 1.55. The summed E-state index contributed by atoms with van der Waals surface area (Å²) in [6, 6.07) is 0.435. The molecule has 2 saturated carbocycles. The summed E-state index contributed by atoms with van der Waals surface area (Å²) >= 11 is 0. The Labute approximate surface area is 97.2 Å². The lowest BCUT2D eigenvalue weighted by atomic mass is 10.00. The van der Waals surface area contributed by atoms with Crippen molar-refractivity contribution in [2.75, 3.05) is 6.54 Å². The lowest BCUT2D eigenvalue weighted by Crippen LogP contribution is -2.27. The van der Waals surface area contributed by atoms with Crippen molar-refractivity contribution in [3.05, 3.63) is 18.0 Å². The molecule has 1 N–H and O–H groups in total. The maximum atomic E-state index is 4.22. The van der Waals surface area contributed by atoms with Gasteiger partial charge >= 0.3 is 0 Å². The first-order chi connectivity index (χ1) is 7.70. The van der Waals surface area contributed by atoms with Gasteiger partial charge in [0.05, 0.1) is 6.20 Å². The molecular formula is C13H21N3. The monoisotopic (exact) mass is 219 g/mol. The summed E-state index contributed by atoms with van der Waals surface area (Å²) in [5, 5.41) is 7.90. The van der Waals surface area contributed by atoms with E-state index in [4.69, 9.17) is 0 Å². The molecule has 0 bridgehead atoms. The molecule has 88 valence electrons. The maximum absolute atomic E-state index is 4.22. The Morgan fingerprint density at radius 3 is 2.81 bits per heavy atom. The van der Waals surface area contributed by atoms with E-state index in [2.05, 4.69) is 23.5 Å². The van der Waals surface area contributed by atoms with Crippen molar-refractivity contribution >= 4 is 0 Å². The second kappa shape index (κ2) is 3.59. The molecule has 0 aliphatic heterocycles. The van der Waals surface area contributed by atoms with Crippen LogP contribution in [0.5, 0.6) is 0 Å². The Hall–Kier alpha value is -0.830. The Bertz CT molecular complexity index is 374. The summed E-state index contributed by atoms with van der Waals surface area (Å²) in [5.41, 5.74) is 1.99. The highest BCUT2D eigenvalue weighted by atomic mass is 15.2. The van der Waals surface area contributed by atoms with Gasteiger partial charge in [-0.25, -0.2) is 0 Å². The fraction of sp³-hybridized carbons (Fsp3) is 0.769. The third-order valence-electron chi connectivity index (χ3n) is 4.32. The third kappa shape index (κ3) is 1.88. The lowest BCUT2D eigenvalue weighted by molar-refractivity contribution is 0.382. The van der Waals surface area contributed by atoms with E-state index in [1.165, 1.54) is 37.8 Å². The largest absolute Gasteiger partial charge is 0.310 e. The SMILES string of the molecule is CC(NCC1(C2CC2)CC1)c1cnn(C)c1. The summed E-state index contributed by atoms with van der Waals surface area (Å²) in [5.74, 6) is 1.04. The minimum absolute atomic E-state index is 0.435. The molecule has 2 aliphatic carbocycles. The van der Waals surface area contributed by atoms with E-state index in [0.717, 1.165) is 5.92 Å². The fourth-order valence-corrected chi connectivity index (χ4v) is 2.72. The Morgan fingerprint density at radius 2 is 2.31 bits per heavy atom. The molecule has 1 atom stereocenters. The van der Waals surface area contributed by atoms with Crippen molar-refractivity contribution in [1.82, 2.24) is 15.1 Å². The lowest BCUT2D eigenvalue weighted by Gasteiger charge is -2.18. The van der Waals surface area contributed by atoms with Gasteiger partial charge in [0, 0.05) is 31.4 Å². The molecule has 0 spiro atoms. The van der Waals surface area contributed by atoms with Gasteiger partial charge in [-0.05, 0) is 43.9 Å². The smallest absolute Gasteiger partial charge is 0.0537 e. The third-order valence-corrected chi connectivity index (χ3v) is 4.32. The summed E-state index contributed by atoms with van der Waals surface area (Å²) in [7, 11) is 1.97. The molecule has 3 heteroatoms. The van der Waals surface area contributed by atoms with Crippen molar-refractivity contribution in [2.24, 2.45) is 18.4 Å². The molecule has 1 aromatic heterocycles. The van der Waals surface area contributed by atoms with Crippen LogP contribution in [-0.4, -0.2) is 16.3 Å². The van der Waals surface area contributed by atoms with E-state index in [1.807, 2.05) is 17.9 Å². The van der Waals surface area contributed by atoms with E-state index in [-0.39, 0.29) is 0 Å². The van der Waals surface area contributed by atoms with Gasteiger partial charge in [-0.3, -0.25) is 4.68 Å². The van der Waals surface area contributed by atoms with Gasteiger partial charge in [0.1, 0.15) is 0 Å². The number of hydrogen-bond acceptors (Lipinski definition) is 2. The molecule has 2 fully saturated rings. The average molecular weight is 219 g/mol. The van der Waals surface area contributed by atoms with Crippen LogP contribution in [-0.2, 0) is 7.05 Å². The highest BCUT2D eigenvalue weighted by Crippen LogP contribution is 2.60. The van der Waals surface area contributed by atoms with Crippen molar-refractivity contribution in [3.63, 3.8) is 0 Å². The van der Waals surface area contributed by atoms with E-state index >= 15 is 0 Å². The van der Waals surface area contributed by atoms with E-state index in [0.29, 0.717) is 11.5 Å². The molecule has 0 aromatic carbocycles. The molecule has 0 amide bonds. The zero-order valence-corrected chi connectivity index (χ0v) is 10.2. The number of aromatic nitrogens is 2. The average Bonchev–Trinajstić information content (AvgIpc) is 3.14. The molecule has 1 heterocycles. The van der Waals surface area contributed by atoms with Gasteiger partial charge in [0.15, 0.2) is 0 Å². The van der Waals surface area contributed by atoms with Gasteiger partial charge in [-0.1, -0.05) is 0 Å². The van der Waals surface area contributed by atoms with Crippen LogP contribution in [0.15, 0.2) is 12.4 Å². The van der Waals surface area contributed by atoms with E-state index in [9.17, 15) is 0 Å². The van der Waals surface area contributed by atoms with Crippen LogP contribution in [0.2, 0.25) is 0 Å². The minimum Gasteiger partial charge on any atom is -0.310 e. The molecule has 1 unspecified atom stereocenters. The highest BCUT2D eigenvalue weighted by Gasteiger charge is 2.53. The van der Waals surface area contributed by atoms with Gasteiger partial charge in [-0.2, -0.15) is 5.10 Å². The van der Waals surface area contributed by atoms with Crippen molar-refractivity contribution in [3.8, 4) is 0 Å². The van der Waals surface area contributed by atoms with Crippen LogP contribution in [0, 0.1) is 11.3 Å². The Kier molecular flexibility index (Phi) is 2.32. The van der Waals surface area contributed by atoms with E-state index in [1.54, 1.807) is 0 Å². The summed E-state index contributed by atoms with van der Waals surface area (Å²) < 4.78 is 1.88. The van der Waals surface area contributed by atoms with E-state index < -0.39 is 0 Å². The molecule has 0 saturated heterocycles. The molecule has 1 aromatic rings. The number of nitrogens with zero attached hydrogens (tertiary/aromatic N) is 2. The van der Waals surface area contributed by atoms with Gasteiger partial charge in [0.2, 0.25) is 0 Å².